The number of aryl methyl sites for hydroxylation is 1. The number of benzene rings is 2. The van der Waals surface area contributed by atoms with Crippen molar-refractivity contribution in [2.24, 2.45) is 0 Å². The van der Waals surface area contributed by atoms with Crippen LogP contribution in [0.5, 0.6) is 11.5 Å². The first-order chi connectivity index (χ1) is 17.4. The van der Waals surface area contributed by atoms with E-state index in [4.69, 9.17) is 18.9 Å². The van der Waals surface area contributed by atoms with E-state index in [1.807, 2.05) is 30.0 Å². The molecule has 0 unspecified atom stereocenters. The summed E-state index contributed by atoms with van der Waals surface area (Å²) in [6.07, 6.45) is 0.719. The number of Topliss-reactive ketones (excluding diaryl/α,β-unsaturated/α-hetero) is 1. The van der Waals surface area contributed by atoms with Gasteiger partial charge in [-0.2, -0.15) is 0 Å². The Labute approximate surface area is 210 Å². The molecule has 3 rings (SSSR count). The second-order valence-corrected chi connectivity index (χ2v) is 8.24. The fourth-order valence-corrected chi connectivity index (χ4v) is 3.79. The molecule has 0 spiro atoms. The van der Waals surface area contributed by atoms with Crippen LogP contribution in [0.3, 0.4) is 0 Å². The number of hydrogen-bond donors (Lipinski definition) is 1. The van der Waals surface area contributed by atoms with Gasteiger partial charge in [0.1, 0.15) is 44.2 Å². The number of carbonyl (C=O) groups is 3. The van der Waals surface area contributed by atoms with E-state index in [0.29, 0.717) is 42.4 Å². The number of ketones is 1. The normalized spacial score (nSPS) is 14.8. The van der Waals surface area contributed by atoms with Crippen LogP contribution < -0.4 is 19.3 Å². The average Bonchev–Trinajstić information content (AvgIpc) is 2.89. The van der Waals surface area contributed by atoms with E-state index in [1.54, 1.807) is 23.1 Å². The fourth-order valence-electron chi connectivity index (χ4n) is 3.79. The van der Waals surface area contributed by atoms with Gasteiger partial charge in [0.15, 0.2) is 5.78 Å². The molecule has 0 saturated carbocycles. The van der Waals surface area contributed by atoms with Crippen molar-refractivity contribution in [1.82, 2.24) is 0 Å². The zero-order valence-corrected chi connectivity index (χ0v) is 20.6. The van der Waals surface area contributed by atoms with Crippen LogP contribution in [0.25, 0.3) is 0 Å². The summed E-state index contributed by atoms with van der Waals surface area (Å²) >= 11 is 0. The minimum atomic E-state index is -0.589. The minimum absolute atomic E-state index is 0.0207. The number of methoxy groups -OCH3 is 1. The number of hydrogen-bond acceptors (Lipinski definition) is 10. The summed E-state index contributed by atoms with van der Waals surface area (Å²) in [6.45, 7) is 3.01. The molecule has 1 N–H and O–H groups in total. The molecule has 1 heterocycles. The Morgan fingerprint density at radius 1 is 0.944 bits per heavy atom. The van der Waals surface area contributed by atoms with Crippen LogP contribution in [-0.4, -0.2) is 89.5 Å². The monoisotopic (exact) mass is 500 g/mol. The van der Waals surface area contributed by atoms with Gasteiger partial charge in [0, 0.05) is 18.7 Å². The van der Waals surface area contributed by atoms with Crippen LogP contribution >= 0.6 is 0 Å². The van der Waals surface area contributed by atoms with Gasteiger partial charge in [-0.3, -0.25) is 14.4 Å². The maximum Gasteiger partial charge on any atom is 0.325 e. The van der Waals surface area contributed by atoms with E-state index in [0.717, 1.165) is 17.5 Å². The van der Waals surface area contributed by atoms with Crippen molar-refractivity contribution in [3.63, 3.8) is 0 Å². The van der Waals surface area contributed by atoms with Crippen molar-refractivity contribution in [2.75, 3.05) is 76.1 Å². The lowest BCUT2D eigenvalue weighted by atomic mass is 10.1. The molecule has 10 nitrogen and oxygen atoms in total. The topological polar surface area (TPSA) is 115 Å². The van der Waals surface area contributed by atoms with Gasteiger partial charge < -0.3 is 33.9 Å². The molecule has 0 fully saturated rings. The summed E-state index contributed by atoms with van der Waals surface area (Å²) in [5, 5.41) is 9.29. The Morgan fingerprint density at radius 2 is 1.56 bits per heavy atom. The highest BCUT2D eigenvalue weighted by atomic mass is 16.5. The summed E-state index contributed by atoms with van der Waals surface area (Å²) in [4.78, 5) is 39.1. The molecule has 10 heteroatoms. The molecule has 0 amide bonds. The summed E-state index contributed by atoms with van der Waals surface area (Å²) in [5.41, 5.74) is 2.75. The van der Waals surface area contributed by atoms with Crippen LogP contribution in [0, 0.1) is 6.92 Å². The standard InChI is InChI=1S/C26H32N2O8/c1-19-3-5-22-24(13-19)35-11-12-36-25-14-20(17-29)4-6-23(25)27(15-21(31)18-30)7-9-34-10-8-28(22)16-26(32)33-2/h3-6,13-14,17,30H,7-12,15-16,18H2,1-2H3. The predicted octanol–water partition coefficient (Wildman–Crippen LogP) is 1.64. The van der Waals surface area contributed by atoms with Crippen LogP contribution in [0.4, 0.5) is 11.4 Å². The quantitative estimate of drug-likeness (QED) is 0.464. The van der Waals surface area contributed by atoms with E-state index >= 15 is 0 Å². The molecule has 0 aromatic heterocycles. The molecule has 0 aliphatic carbocycles. The number of carbonyl (C=O) groups excluding carboxylic acids is 3. The van der Waals surface area contributed by atoms with Crippen molar-refractivity contribution in [3.05, 3.63) is 47.5 Å². The second kappa shape index (κ2) is 13.5. The third-order valence-corrected chi connectivity index (χ3v) is 5.62. The van der Waals surface area contributed by atoms with Crippen molar-refractivity contribution in [1.29, 1.82) is 0 Å². The Morgan fingerprint density at radius 3 is 2.17 bits per heavy atom. The third-order valence-electron chi connectivity index (χ3n) is 5.62. The summed E-state index contributed by atoms with van der Waals surface area (Å²) in [6, 6.07) is 10.7. The van der Waals surface area contributed by atoms with Gasteiger partial charge in [-0.15, -0.1) is 0 Å². The molecular weight excluding hydrogens is 468 g/mol. The third kappa shape index (κ3) is 7.43. The molecular formula is C26H32N2O8. The van der Waals surface area contributed by atoms with Gasteiger partial charge in [-0.1, -0.05) is 6.07 Å². The Hall–Kier alpha value is -3.63. The van der Waals surface area contributed by atoms with Gasteiger partial charge in [0.2, 0.25) is 0 Å². The van der Waals surface area contributed by atoms with Gasteiger partial charge >= 0.3 is 5.97 Å². The largest absolute Gasteiger partial charge is 0.488 e. The summed E-state index contributed by atoms with van der Waals surface area (Å²) < 4.78 is 22.7. The average molecular weight is 501 g/mol. The van der Waals surface area contributed by atoms with E-state index < -0.39 is 12.6 Å². The molecule has 1 aliphatic rings. The number of ether oxygens (including phenoxy) is 4. The van der Waals surface area contributed by atoms with Crippen LogP contribution in [0.2, 0.25) is 0 Å². The lowest BCUT2D eigenvalue weighted by Gasteiger charge is -2.27. The smallest absolute Gasteiger partial charge is 0.325 e. The highest BCUT2D eigenvalue weighted by molar-refractivity contribution is 5.85. The second-order valence-electron chi connectivity index (χ2n) is 8.24. The van der Waals surface area contributed by atoms with Crippen LogP contribution in [-0.2, 0) is 19.1 Å². The molecule has 0 bridgehead atoms. The molecule has 2 aromatic rings. The number of aldehydes is 1. The molecule has 2 aromatic carbocycles. The van der Waals surface area contributed by atoms with Gasteiger partial charge in [0.25, 0.3) is 0 Å². The van der Waals surface area contributed by atoms with Crippen LogP contribution in [0.1, 0.15) is 15.9 Å². The Kier molecular flexibility index (Phi) is 10.1. The number of aliphatic hydroxyl groups excluding tert-OH is 1. The van der Waals surface area contributed by atoms with Crippen LogP contribution in [0.15, 0.2) is 36.4 Å². The molecule has 0 radical (unpaired) electrons. The highest BCUT2D eigenvalue weighted by Gasteiger charge is 2.19. The van der Waals surface area contributed by atoms with E-state index in [1.165, 1.54) is 7.11 Å². The van der Waals surface area contributed by atoms with Crippen molar-refractivity contribution >= 4 is 29.4 Å². The summed E-state index contributed by atoms with van der Waals surface area (Å²) in [5.74, 6) is 0.254. The zero-order valence-electron chi connectivity index (χ0n) is 20.6. The molecule has 0 saturated heterocycles. The molecule has 194 valence electrons. The fraction of sp³-hybridized carbons (Fsp3) is 0.423. The van der Waals surface area contributed by atoms with E-state index in [2.05, 4.69) is 0 Å². The number of fused-ring (bicyclic) bond motifs is 2. The number of rotatable bonds is 6. The molecule has 36 heavy (non-hydrogen) atoms. The predicted molar refractivity (Wildman–Crippen MR) is 133 cm³/mol. The lowest BCUT2D eigenvalue weighted by Crippen LogP contribution is -2.36. The number of anilines is 2. The van der Waals surface area contributed by atoms with E-state index in [9.17, 15) is 19.5 Å². The summed E-state index contributed by atoms with van der Waals surface area (Å²) in [7, 11) is 1.34. The number of nitrogens with zero attached hydrogens (tertiary/aromatic N) is 2. The first kappa shape index (κ1) is 27.0. The number of aliphatic hydroxyl groups is 1. The van der Waals surface area contributed by atoms with Gasteiger partial charge in [-0.25, -0.2) is 0 Å². The maximum absolute atomic E-state index is 12.1. The Balaban J connectivity index is 1.90. The molecule has 0 atom stereocenters. The van der Waals surface area contributed by atoms with Gasteiger partial charge in [-0.05, 0) is 42.8 Å². The maximum atomic E-state index is 12.1. The van der Waals surface area contributed by atoms with Crippen molar-refractivity contribution in [2.45, 2.75) is 6.92 Å². The Bertz CT molecular complexity index is 1060. The first-order valence-electron chi connectivity index (χ1n) is 11.7. The van der Waals surface area contributed by atoms with Gasteiger partial charge in [0.05, 0.1) is 38.2 Å². The van der Waals surface area contributed by atoms with Crippen molar-refractivity contribution in [3.8, 4) is 11.5 Å². The SMILES string of the molecule is COC(=O)CN1CCOCCN(CC(=O)CO)c2ccc(C=O)cc2OCCOc2cc(C)ccc21. The minimum Gasteiger partial charge on any atom is -0.488 e. The first-order valence-corrected chi connectivity index (χ1v) is 11.7. The molecule has 1 aliphatic heterocycles. The highest BCUT2D eigenvalue weighted by Crippen LogP contribution is 2.31. The van der Waals surface area contributed by atoms with Crippen molar-refractivity contribution < 1.29 is 38.4 Å². The van der Waals surface area contributed by atoms with E-state index in [-0.39, 0.29) is 38.7 Å². The zero-order chi connectivity index (χ0) is 25.9. The number of esters is 1. The lowest BCUT2D eigenvalue weighted by molar-refractivity contribution is -0.139.